The third-order valence-electron chi connectivity index (χ3n) is 7.72. The van der Waals surface area contributed by atoms with Crippen molar-refractivity contribution in [2.24, 2.45) is 0 Å². The van der Waals surface area contributed by atoms with Crippen molar-refractivity contribution in [3.63, 3.8) is 0 Å². The molecule has 32 heavy (non-hydrogen) atoms. The summed E-state index contributed by atoms with van der Waals surface area (Å²) in [6.07, 6.45) is 4.97. The summed E-state index contributed by atoms with van der Waals surface area (Å²) in [6, 6.07) is 13.9. The fourth-order valence-electron chi connectivity index (χ4n) is 5.95. The molecular weight excluding hydrogens is 429 g/mol. The van der Waals surface area contributed by atoms with Gasteiger partial charge in [0.1, 0.15) is 17.0 Å². The van der Waals surface area contributed by atoms with Crippen LogP contribution < -0.4 is 10.2 Å². The van der Waals surface area contributed by atoms with Crippen LogP contribution in [0.1, 0.15) is 44.1 Å². The zero-order valence-electron chi connectivity index (χ0n) is 18.1. The molecule has 0 bridgehead atoms. The minimum Gasteiger partial charge on any atom is -0.384 e. The van der Waals surface area contributed by atoms with E-state index >= 15 is 0 Å². The summed E-state index contributed by atoms with van der Waals surface area (Å²) in [5, 5.41) is 15.5. The van der Waals surface area contributed by atoms with Crippen LogP contribution in [0.2, 0.25) is 5.02 Å². The molecule has 7 heteroatoms. The summed E-state index contributed by atoms with van der Waals surface area (Å²) >= 11 is 6.06. The van der Waals surface area contributed by atoms with E-state index in [1.54, 1.807) is 12.1 Å². The first kappa shape index (κ1) is 21.7. The maximum absolute atomic E-state index is 13.5. The van der Waals surface area contributed by atoms with Crippen LogP contribution in [0, 0.1) is 5.82 Å². The summed E-state index contributed by atoms with van der Waals surface area (Å²) in [5.74, 6) is -0.219. The van der Waals surface area contributed by atoms with Gasteiger partial charge in [0, 0.05) is 29.8 Å². The molecule has 2 unspecified atom stereocenters. The number of likely N-dealkylation sites (tertiary alicyclic amines) is 1. The topological polar surface area (TPSA) is 55.8 Å². The molecule has 0 aromatic heterocycles. The Bertz CT molecular complexity index is 976. The lowest BCUT2D eigenvalue weighted by molar-refractivity contribution is -0.127. The minimum absolute atomic E-state index is 0.0347. The fourth-order valence-corrected chi connectivity index (χ4v) is 6.07. The average Bonchev–Trinajstić information content (AvgIpc) is 3.11. The molecular formula is C25H29ClFN3O2. The Morgan fingerprint density at radius 1 is 1.00 bits per heavy atom. The third kappa shape index (κ3) is 3.58. The lowest BCUT2D eigenvalue weighted by Gasteiger charge is -2.51. The second-order valence-corrected chi connectivity index (χ2v) is 9.77. The smallest absolute Gasteiger partial charge is 0.247 e. The molecule has 3 aliphatic rings. The molecule has 2 heterocycles. The lowest BCUT2D eigenvalue weighted by Crippen LogP contribution is -2.61. The molecule has 3 fully saturated rings. The standard InChI is InChI=1S/C25H29ClFN3O2/c26-19-6-10-21(11-7-19)30-17-28-23(31)24(30)13-15-29(16-14-24)22-3-1-2-12-25(22,32)18-4-8-20(27)9-5-18/h4-11,22,32H,1-3,12-17H2,(H,28,31). The molecule has 2 saturated heterocycles. The monoisotopic (exact) mass is 457 g/mol. The van der Waals surface area contributed by atoms with Crippen LogP contribution in [0.5, 0.6) is 0 Å². The predicted molar refractivity (Wildman–Crippen MR) is 123 cm³/mol. The third-order valence-corrected chi connectivity index (χ3v) is 7.97. The SMILES string of the molecule is O=C1NCN(c2ccc(Cl)cc2)C12CCN(C1CCCCC1(O)c1ccc(F)cc1)CC2. The minimum atomic E-state index is -0.996. The van der Waals surface area contributed by atoms with Gasteiger partial charge in [-0.3, -0.25) is 9.69 Å². The number of aliphatic hydroxyl groups is 1. The Morgan fingerprint density at radius 2 is 1.69 bits per heavy atom. The maximum Gasteiger partial charge on any atom is 0.247 e. The number of nitrogens with one attached hydrogen (secondary N) is 1. The second-order valence-electron chi connectivity index (χ2n) is 9.33. The number of carbonyl (C=O) groups is 1. The molecule has 2 atom stereocenters. The maximum atomic E-state index is 13.5. The number of benzene rings is 2. The number of halogens is 2. The molecule has 1 amide bonds. The molecule has 2 aromatic carbocycles. The molecule has 0 radical (unpaired) electrons. The number of anilines is 1. The number of hydrogen-bond acceptors (Lipinski definition) is 4. The van der Waals surface area contributed by atoms with Gasteiger partial charge in [-0.1, -0.05) is 36.6 Å². The van der Waals surface area contributed by atoms with Crippen molar-refractivity contribution in [3.8, 4) is 0 Å². The van der Waals surface area contributed by atoms with E-state index in [4.69, 9.17) is 11.6 Å². The Hall–Kier alpha value is -2.15. The first-order valence-corrected chi connectivity index (χ1v) is 11.8. The van der Waals surface area contributed by atoms with E-state index in [0.29, 0.717) is 31.0 Å². The Balaban J connectivity index is 1.37. The number of rotatable bonds is 3. The van der Waals surface area contributed by atoms with E-state index in [1.807, 2.05) is 24.3 Å². The molecule has 170 valence electrons. The van der Waals surface area contributed by atoms with Crippen LogP contribution in [0.4, 0.5) is 10.1 Å². The van der Waals surface area contributed by atoms with Gasteiger partial charge in [-0.2, -0.15) is 0 Å². The van der Waals surface area contributed by atoms with E-state index < -0.39 is 11.1 Å². The van der Waals surface area contributed by atoms with Gasteiger partial charge in [0.2, 0.25) is 5.91 Å². The van der Waals surface area contributed by atoms with Crippen LogP contribution >= 0.6 is 11.6 Å². The van der Waals surface area contributed by atoms with Gasteiger partial charge < -0.3 is 15.3 Å². The zero-order valence-corrected chi connectivity index (χ0v) is 18.8. The fraction of sp³-hybridized carbons (Fsp3) is 0.480. The van der Waals surface area contributed by atoms with Crippen molar-refractivity contribution in [1.82, 2.24) is 10.2 Å². The summed E-state index contributed by atoms with van der Waals surface area (Å²) in [4.78, 5) is 17.5. The number of carbonyl (C=O) groups excluding carboxylic acids is 1. The molecule has 5 rings (SSSR count). The van der Waals surface area contributed by atoms with Crippen LogP contribution in [0.25, 0.3) is 0 Å². The first-order chi connectivity index (χ1) is 15.4. The first-order valence-electron chi connectivity index (χ1n) is 11.5. The Kier molecular flexibility index (Phi) is 5.64. The van der Waals surface area contributed by atoms with Gasteiger partial charge in [-0.05, 0) is 67.6 Å². The predicted octanol–water partition coefficient (Wildman–Crippen LogP) is 4.04. The van der Waals surface area contributed by atoms with Gasteiger partial charge in [0.25, 0.3) is 0 Å². The van der Waals surface area contributed by atoms with Crippen molar-refractivity contribution >= 4 is 23.2 Å². The number of nitrogens with zero attached hydrogens (tertiary/aromatic N) is 2. The summed E-state index contributed by atoms with van der Waals surface area (Å²) in [5.41, 5.74) is 0.198. The van der Waals surface area contributed by atoms with E-state index in [1.165, 1.54) is 12.1 Å². The highest BCUT2D eigenvalue weighted by atomic mass is 35.5. The zero-order chi connectivity index (χ0) is 22.3. The molecule has 1 aliphatic carbocycles. The van der Waals surface area contributed by atoms with Crippen molar-refractivity contribution < 1.29 is 14.3 Å². The molecule has 2 aliphatic heterocycles. The van der Waals surface area contributed by atoms with Crippen molar-refractivity contribution in [2.75, 3.05) is 24.7 Å². The highest BCUT2D eigenvalue weighted by molar-refractivity contribution is 6.30. The largest absolute Gasteiger partial charge is 0.384 e. The normalized spacial score (nSPS) is 28.2. The van der Waals surface area contributed by atoms with E-state index in [0.717, 1.165) is 43.6 Å². The van der Waals surface area contributed by atoms with Gasteiger partial charge in [0.05, 0.1) is 6.67 Å². The van der Waals surface area contributed by atoms with Crippen LogP contribution in [0.15, 0.2) is 48.5 Å². The summed E-state index contributed by atoms with van der Waals surface area (Å²) in [7, 11) is 0. The average molecular weight is 458 g/mol. The Labute approximate surface area is 193 Å². The highest BCUT2D eigenvalue weighted by Crippen LogP contribution is 2.43. The highest BCUT2D eigenvalue weighted by Gasteiger charge is 2.53. The van der Waals surface area contributed by atoms with Gasteiger partial charge in [-0.25, -0.2) is 4.39 Å². The number of piperidine rings is 1. The van der Waals surface area contributed by atoms with Crippen molar-refractivity contribution in [2.45, 2.75) is 55.7 Å². The molecule has 5 nitrogen and oxygen atoms in total. The number of hydrogen-bond donors (Lipinski definition) is 2. The van der Waals surface area contributed by atoms with Crippen LogP contribution in [-0.4, -0.2) is 47.3 Å². The second kappa shape index (κ2) is 8.32. The van der Waals surface area contributed by atoms with Gasteiger partial charge in [0.15, 0.2) is 0 Å². The molecule has 2 aromatic rings. The lowest BCUT2D eigenvalue weighted by atomic mass is 9.73. The van der Waals surface area contributed by atoms with E-state index in [2.05, 4.69) is 15.1 Å². The quantitative estimate of drug-likeness (QED) is 0.730. The summed E-state index contributed by atoms with van der Waals surface area (Å²) < 4.78 is 13.5. The molecule has 1 spiro atoms. The molecule has 1 saturated carbocycles. The summed E-state index contributed by atoms with van der Waals surface area (Å²) in [6.45, 7) is 1.95. The number of amides is 1. The van der Waals surface area contributed by atoms with Gasteiger partial charge in [-0.15, -0.1) is 0 Å². The molecule has 2 N–H and O–H groups in total. The van der Waals surface area contributed by atoms with E-state index in [9.17, 15) is 14.3 Å². The Morgan fingerprint density at radius 3 is 2.38 bits per heavy atom. The van der Waals surface area contributed by atoms with Crippen LogP contribution in [0.3, 0.4) is 0 Å². The van der Waals surface area contributed by atoms with Gasteiger partial charge >= 0.3 is 0 Å². The van der Waals surface area contributed by atoms with Crippen molar-refractivity contribution in [1.29, 1.82) is 0 Å². The van der Waals surface area contributed by atoms with Crippen LogP contribution in [-0.2, 0) is 10.4 Å². The van der Waals surface area contributed by atoms with Crippen molar-refractivity contribution in [3.05, 3.63) is 64.9 Å². The van der Waals surface area contributed by atoms with E-state index in [-0.39, 0.29) is 17.8 Å².